The molecule has 0 unspecified atom stereocenters. The molecular weight excluding hydrogens is 370 g/mol. The lowest BCUT2D eigenvalue weighted by Crippen LogP contribution is -2.13. The predicted octanol–water partition coefficient (Wildman–Crippen LogP) is 2.76. The van der Waals surface area contributed by atoms with Crippen molar-refractivity contribution >= 4 is 21.6 Å². The van der Waals surface area contributed by atoms with Crippen molar-refractivity contribution in [1.82, 2.24) is 24.4 Å². The zero-order valence-corrected chi connectivity index (χ0v) is 14.1. The van der Waals surface area contributed by atoms with Crippen molar-refractivity contribution < 1.29 is 0 Å². The lowest BCUT2D eigenvalue weighted by atomic mass is 10.2. The molecule has 0 aliphatic rings. The number of benzene rings is 1. The van der Waals surface area contributed by atoms with E-state index in [1.54, 1.807) is 29.2 Å². The molecule has 0 atom stereocenters. The van der Waals surface area contributed by atoms with Crippen LogP contribution in [-0.4, -0.2) is 24.4 Å². The summed E-state index contributed by atoms with van der Waals surface area (Å²) in [5.41, 5.74) is 2.66. The Morgan fingerprint density at radius 3 is 2.71 bits per heavy atom. The summed E-state index contributed by atoms with van der Waals surface area (Å²) in [6.07, 6.45) is 3.49. The van der Waals surface area contributed by atoms with Gasteiger partial charge in [-0.25, -0.2) is 9.67 Å². The molecule has 1 aromatic carbocycles. The van der Waals surface area contributed by atoms with Gasteiger partial charge in [0.2, 0.25) is 0 Å². The number of halogens is 1. The summed E-state index contributed by atoms with van der Waals surface area (Å²) in [6, 6.07) is 14.9. The molecule has 0 saturated heterocycles. The normalized spacial score (nSPS) is 11.0. The van der Waals surface area contributed by atoms with Crippen LogP contribution < -0.4 is 5.56 Å². The molecule has 3 heterocycles. The summed E-state index contributed by atoms with van der Waals surface area (Å²) in [4.78, 5) is 16.6. The van der Waals surface area contributed by atoms with Gasteiger partial charge in [0.05, 0.1) is 12.7 Å². The molecule has 0 saturated carbocycles. The van der Waals surface area contributed by atoms with E-state index >= 15 is 0 Å². The fraction of sp³-hybridized carbons (Fsp3) is 0.0588. The molecule has 0 spiro atoms. The fourth-order valence-corrected chi connectivity index (χ4v) is 2.72. The van der Waals surface area contributed by atoms with Crippen molar-refractivity contribution in [3.8, 4) is 11.4 Å². The van der Waals surface area contributed by atoms with Gasteiger partial charge in [0, 0.05) is 16.7 Å². The van der Waals surface area contributed by atoms with E-state index in [1.807, 2.05) is 30.3 Å². The van der Waals surface area contributed by atoms with Crippen molar-refractivity contribution in [2.75, 3.05) is 0 Å². The smallest absolute Gasteiger partial charge is 0.258 e. The maximum absolute atomic E-state index is 12.2. The highest BCUT2D eigenvalue weighted by molar-refractivity contribution is 9.10. The molecule has 6 nitrogen and oxygen atoms in total. The van der Waals surface area contributed by atoms with Crippen LogP contribution in [0.3, 0.4) is 0 Å². The standard InChI is InChI=1S/C17H12BrN5O/c18-13-6-4-12(5-7-13)10-22-11-15(20-21-22)14-9-17(24)23-8-2-1-3-16(23)19-14/h1-9,11H,10H2. The molecule has 118 valence electrons. The zero-order valence-electron chi connectivity index (χ0n) is 12.5. The Bertz CT molecular complexity index is 1070. The lowest BCUT2D eigenvalue weighted by Gasteiger charge is -2.01. The van der Waals surface area contributed by atoms with Crippen molar-refractivity contribution in [1.29, 1.82) is 0 Å². The van der Waals surface area contributed by atoms with Crippen LogP contribution in [0, 0.1) is 0 Å². The Kier molecular flexibility index (Phi) is 3.70. The van der Waals surface area contributed by atoms with E-state index in [-0.39, 0.29) is 5.56 Å². The van der Waals surface area contributed by atoms with Crippen LogP contribution >= 0.6 is 15.9 Å². The van der Waals surface area contributed by atoms with E-state index in [0.29, 0.717) is 23.6 Å². The third-order valence-corrected chi connectivity index (χ3v) is 4.16. The van der Waals surface area contributed by atoms with E-state index in [2.05, 4.69) is 31.2 Å². The third-order valence-electron chi connectivity index (χ3n) is 3.63. The van der Waals surface area contributed by atoms with Gasteiger partial charge in [-0.05, 0) is 29.8 Å². The largest absolute Gasteiger partial charge is 0.269 e. The summed E-state index contributed by atoms with van der Waals surface area (Å²) in [5.74, 6) is 0. The molecule has 0 fully saturated rings. The molecular formula is C17H12BrN5O. The first-order valence-electron chi connectivity index (χ1n) is 7.32. The molecule has 24 heavy (non-hydrogen) atoms. The Morgan fingerprint density at radius 2 is 1.88 bits per heavy atom. The maximum atomic E-state index is 12.2. The van der Waals surface area contributed by atoms with Crippen molar-refractivity contribution in [3.63, 3.8) is 0 Å². The average molecular weight is 382 g/mol. The van der Waals surface area contributed by atoms with Crippen molar-refractivity contribution in [2.24, 2.45) is 0 Å². The van der Waals surface area contributed by atoms with Crippen LogP contribution in [0.25, 0.3) is 17.0 Å². The minimum absolute atomic E-state index is 0.141. The summed E-state index contributed by atoms with van der Waals surface area (Å²) >= 11 is 3.42. The number of rotatable bonds is 3. The summed E-state index contributed by atoms with van der Waals surface area (Å²) in [6.45, 7) is 0.604. The van der Waals surface area contributed by atoms with Crippen LogP contribution in [0.4, 0.5) is 0 Å². The first-order valence-corrected chi connectivity index (χ1v) is 8.12. The molecule has 0 radical (unpaired) electrons. The Labute approximate surface area is 145 Å². The van der Waals surface area contributed by atoms with Gasteiger partial charge in [-0.15, -0.1) is 5.10 Å². The summed E-state index contributed by atoms with van der Waals surface area (Å²) in [5, 5.41) is 8.27. The minimum atomic E-state index is -0.141. The van der Waals surface area contributed by atoms with Gasteiger partial charge < -0.3 is 0 Å². The van der Waals surface area contributed by atoms with Gasteiger partial charge in [-0.2, -0.15) is 0 Å². The highest BCUT2D eigenvalue weighted by Gasteiger charge is 2.09. The van der Waals surface area contributed by atoms with Crippen LogP contribution in [0.15, 0.2) is 70.2 Å². The number of aromatic nitrogens is 5. The molecule has 0 N–H and O–H groups in total. The Balaban J connectivity index is 1.67. The topological polar surface area (TPSA) is 65.1 Å². The van der Waals surface area contributed by atoms with E-state index in [1.165, 1.54) is 10.5 Å². The zero-order chi connectivity index (χ0) is 16.5. The molecule has 0 bridgehead atoms. The third kappa shape index (κ3) is 2.85. The highest BCUT2D eigenvalue weighted by Crippen LogP contribution is 2.14. The fourth-order valence-electron chi connectivity index (χ4n) is 2.45. The summed E-state index contributed by atoms with van der Waals surface area (Å²) < 4.78 is 4.26. The van der Waals surface area contributed by atoms with Gasteiger partial charge in [0.25, 0.3) is 5.56 Å². The molecule has 0 aliphatic carbocycles. The Morgan fingerprint density at radius 1 is 1.04 bits per heavy atom. The number of hydrogen-bond acceptors (Lipinski definition) is 4. The maximum Gasteiger partial charge on any atom is 0.258 e. The summed E-state index contributed by atoms with van der Waals surface area (Å²) in [7, 11) is 0. The van der Waals surface area contributed by atoms with Crippen LogP contribution in [0.1, 0.15) is 5.56 Å². The lowest BCUT2D eigenvalue weighted by molar-refractivity contribution is 0.649. The first-order chi connectivity index (χ1) is 11.7. The van der Waals surface area contributed by atoms with Crippen LogP contribution in [-0.2, 0) is 6.54 Å². The second-order valence-corrected chi connectivity index (χ2v) is 6.25. The monoisotopic (exact) mass is 381 g/mol. The SMILES string of the molecule is O=c1cc(-c2cn(Cc3ccc(Br)cc3)nn2)nc2ccccn12. The second kappa shape index (κ2) is 6.01. The molecule has 4 aromatic rings. The van der Waals surface area contributed by atoms with Gasteiger partial charge in [0.1, 0.15) is 17.0 Å². The number of nitrogens with zero attached hydrogens (tertiary/aromatic N) is 5. The van der Waals surface area contributed by atoms with E-state index in [9.17, 15) is 4.79 Å². The van der Waals surface area contributed by atoms with Crippen molar-refractivity contribution in [3.05, 3.63) is 81.3 Å². The quantitative estimate of drug-likeness (QED) is 0.547. The molecule has 0 aliphatic heterocycles. The molecule has 7 heteroatoms. The number of hydrogen-bond donors (Lipinski definition) is 0. The predicted molar refractivity (Wildman–Crippen MR) is 93.7 cm³/mol. The number of fused-ring (bicyclic) bond motifs is 1. The molecule has 0 amide bonds. The molecule has 4 rings (SSSR count). The molecule has 3 aromatic heterocycles. The van der Waals surface area contributed by atoms with Crippen LogP contribution in [0.5, 0.6) is 0 Å². The van der Waals surface area contributed by atoms with Gasteiger partial charge in [-0.1, -0.05) is 39.3 Å². The second-order valence-electron chi connectivity index (χ2n) is 5.34. The first kappa shape index (κ1) is 14.8. The van der Waals surface area contributed by atoms with E-state index < -0.39 is 0 Å². The van der Waals surface area contributed by atoms with Crippen LogP contribution in [0.2, 0.25) is 0 Å². The number of pyridine rings is 1. The van der Waals surface area contributed by atoms with E-state index in [0.717, 1.165) is 10.0 Å². The van der Waals surface area contributed by atoms with Gasteiger partial charge in [-0.3, -0.25) is 9.20 Å². The Hall–Kier alpha value is -2.80. The van der Waals surface area contributed by atoms with Crippen molar-refractivity contribution in [2.45, 2.75) is 6.54 Å². The van der Waals surface area contributed by atoms with E-state index in [4.69, 9.17) is 0 Å². The van der Waals surface area contributed by atoms with Gasteiger partial charge >= 0.3 is 0 Å². The average Bonchev–Trinajstić information content (AvgIpc) is 3.05. The minimum Gasteiger partial charge on any atom is -0.269 e. The highest BCUT2D eigenvalue weighted by atomic mass is 79.9. The van der Waals surface area contributed by atoms with Gasteiger partial charge in [0.15, 0.2) is 0 Å².